The highest BCUT2D eigenvalue weighted by molar-refractivity contribution is 5.91. The lowest BCUT2D eigenvalue weighted by atomic mass is 10.1. The Kier molecular flexibility index (Phi) is 7.15. The standard InChI is InChI=1S/C15H21F3N2O3/c1-3-7-20(8-9-21)14(22)19-12-10-11(15(16,17)18)5-6-13(12)23-4-2/h5-6,10,21H,3-4,7-9H2,1-2H3,(H,19,22). The number of halogens is 3. The Morgan fingerprint density at radius 2 is 2.00 bits per heavy atom. The third kappa shape index (κ3) is 5.63. The maximum Gasteiger partial charge on any atom is 0.416 e. The molecule has 2 N–H and O–H groups in total. The van der Waals surface area contributed by atoms with Crippen LogP contribution in [0.4, 0.5) is 23.7 Å². The van der Waals surface area contributed by atoms with Crippen LogP contribution in [0, 0.1) is 0 Å². The number of ether oxygens (including phenoxy) is 1. The highest BCUT2D eigenvalue weighted by Gasteiger charge is 2.31. The highest BCUT2D eigenvalue weighted by atomic mass is 19.4. The first kappa shape index (κ1) is 19.1. The molecule has 8 heteroatoms. The van der Waals surface area contributed by atoms with Gasteiger partial charge in [-0.1, -0.05) is 6.92 Å². The first-order chi connectivity index (χ1) is 10.8. The fourth-order valence-corrected chi connectivity index (χ4v) is 1.99. The molecule has 0 aliphatic rings. The number of amides is 2. The second kappa shape index (κ2) is 8.61. The number of urea groups is 1. The van der Waals surface area contributed by atoms with Gasteiger partial charge in [0.15, 0.2) is 0 Å². The number of rotatable bonds is 7. The second-order valence-electron chi connectivity index (χ2n) is 4.78. The van der Waals surface area contributed by atoms with Gasteiger partial charge in [-0.25, -0.2) is 4.79 Å². The zero-order chi connectivity index (χ0) is 17.5. The van der Waals surface area contributed by atoms with E-state index in [4.69, 9.17) is 9.84 Å². The molecule has 0 saturated heterocycles. The Hall–Kier alpha value is -1.96. The minimum atomic E-state index is -4.52. The maximum atomic E-state index is 12.8. The fourth-order valence-electron chi connectivity index (χ4n) is 1.99. The Bertz CT molecular complexity index is 515. The van der Waals surface area contributed by atoms with Crippen LogP contribution in [0.1, 0.15) is 25.8 Å². The van der Waals surface area contributed by atoms with Crippen LogP contribution >= 0.6 is 0 Å². The van der Waals surface area contributed by atoms with Crippen molar-refractivity contribution in [2.45, 2.75) is 26.4 Å². The number of hydrogen-bond donors (Lipinski definition) is 2. The molecule has 1 aromatic carbocycles. The zero-order valence-corrected chi connectivity index (χ0v) is 13.1. The van der Waals surface area contributed by atoms with Gasteiger partial charge < -0.3 is 20.1 Å². The molecular formula is C15H21F3N2O3. The Morgan fingerprint density at radius 1 is 1.30 bits per heavy atom. The zero-order valence-electron chi connectivity index (χ0n) is 13.1. The molecule has 0 spiro atoms. The summed E-state index contributed by atoms with van der Waals surface area (Å²) in [6, 6.07) is 2.34. The van der Waals surface area contributed by atoms with E-state index in [1.165, 1.54) is 11.0 Å². The van der Waals surface area contributed by atoms with E-state index in [-0.39, 0.29) is 31.2 Å². The lowest BCUT2D eigenvalue weighted by Gasteiger charge is -2.22. The van der Waals surface area contributed by atoms with E-state index in [0.29, 0.717) is 13.0 Å². The number of benzene rings is 1. The van der Waals surface area contributed by atoms with Crippen molar-refractivity contribution in [2.75, 3.05) is 31.6 Å². The summed E-state index contributed by atoms with van der Waals surface area (Å²) in [5.74, 6) is 0.161. The molecule has 0 heterocycles. The van der Waals surface area contributed by atoms with Crippen LogP contribution in [0.2, 0.25) is 0 Å². The van der Waals surface area contributed by atoms with Gasteiger partial charge in [-0.05, 0) is 31.5 Å². The van der Waals surface area contributed by atoms with Crippen molar-refractivity contribution in [3.63, 3.8) is 0 Å². The third-order valence-electron chi connectivity index (χ3n) is 3.00. The predicted octanol–water partition coefficient (Wildman–Crippen LogP) is 3.34. The van der Waals surface area contributed by atoms with Crippen LogP contribution in [0.3, 0.4) is 0 Å². The monoisotopic (exact) mass is 334 g/mol. The van der Waals surface area contributed by atoms with Crippen molar-refractivity contribution in [3.05, 3.63) is 23.8 Å². The minimum Gasteiger partial charge on any atom is -0.492 e. The number of aliphatic hydroxyl groups is 1. The normalized spacial score (nSPS) is 11.2. The van der Waals surface area contributed by atoms with E-state index in [2.05, 4.69) is 5.32 Å². The molecule has 0 saturated carbocycles. The van der Waals surface area contributed by atoms with Crippen LogP contribution in [-0.2, 0) is 6.18 Å². The van der Waals surface area contributed by atoms with Gasteiger partial charge in [0, 0.05) is 13.1 Å². The van der Waals surface area contributed by atoms with Crippen molar-refractivity contribution in [1.29, 1.82) is 0 Å². The molecule has 1 aromatic rings. The minimum absolute atomic E-state index is 0.0503. The van der Waals surface area contributed by atoms with E-state index < -0.39 is 17.8 Å². The Labute approximate surface area is 133 Å². The summed E-state index contributed by atoms with van der Waals surface area (Å²) in [6.07, 6.45) is -3.85. The van der Waals surface area contributed by atoms with E-state index in [0.717, 1.165) is 12.1 Å². The molecule has 0 radical (unpaired) electrons. The van der Waals surface area contributed by atoms with Gasteiger partial charge in [0.2, 0.25) is 0 Å². The molecule has 0 aliphatic heterocycles. The first-order valence-electron chi connectivity index (χ1n) is 7.34. The van der Waals surface area contributed by atoms with Gasteiger partial charge in [0.1, 0.15) is 5.75 Å². The van der Waals surface area contributed by atoms with Crippen LogP contribution in [0.25, 0.3) is 0 Å². The van der Waals surface area contributed by atoms with Crippen molar-refractivity contribution >= 4 is 11.7 Å². The van der Waals surface area contributed by atoms with Crippen LogP contribution in [0.15, 0.2) is 18.2 Å². The van der Waals surface area contributed by atoms with Crippen molar-refractivity contribution < 1.29 is 27.8 Å². The number of aliphatic hydroxyl groups excluding tert-OH is 1. The number of nitrogens with zero attached hydrogens (tertiary/aromatic N) is 1. The number of carbonyl (C=O) groups is 1. The molecule has 23 heavy (non-hydrogen) atoms. The van der Waals surface area contributed by atoms with E-state index in [1.807, 2.05) is 6.92 Å². The maximum absolute atomic E-state index is 12.8. The lowest BCUT2D eigenvalue weighted by Crippen LogP contribution is -2.37. The molecular weight excluding hydrogens is 313 g/mol. The number of carbonyl (C=O) groups excluding carboxylic acids is 1. The average molecular weight is 334 g/mol. The molecule has 0 unspecified atom stereocenters. The Balaban J connectivity index is 3.05. The topological polar surface area (TPSA) is 61.8 Å². The number of alkyl halides is 3. The summed E-state index contributed by atoms with van der Waals surface area (Å²) in [5, 5.41) is 11.4. The van der Waals surface area contributed by atoms with Gasteiger partial charge in [-0.15, -0.1) is 0 Å². The summed E-state index contributed by atoms with van der Waals surface area (Å²) in [4.78, 5) is 13.5. The van der Waals surface area contributed by atoms with Crippen molar-refractivity contribution in [3.8, 4) is 5.75 Å². The predicted molar refractivity (Wildman–Crippen MR) is 80.6 cm³/mol. The molecule has 1 rings (SSSR count). The second-order valence-corrected chi connectivity index (χ2v) is 4.78. The largest absolute Gasteiger partial charge is 0.492 e. The van der Waals surface area contributed by atoms with Gasteiger partial charge in [0.05, 0.1) is 24.5 Å². The van der Waals surface area contributed by atoms with Crippen molar-refractivity contribution in [2.24, 2.45) is 0 Å². The molecule has 0 fully saturated rings. The van der Waals surface area contributed by atoms with Crippen LogP contribution in [0.5, 0.6) is 5.75 Å². The quantitative estimate of drug-likeness (QED) is 0.804. The fraction of sp³-hybridized carbons (Fsp3) is 0.533. The van der Waals surface area contributed by atoms with E-state index >= 15 is 0 Å². The summed E-state index contributed by atoms with van der Waals surface area (Å²) in [5.41, 5.74) is -0.925. The van der Waals surface area contributed by atoms with E-state index in [1.54, 1.807) is 6.92 Å². The number of nitrogens with one attached hydrogen (secondary N) is 1. The molecule has 0 bridgehead atoms. The molecule has 5 nitrogen and oxygen atoms in total. The molecule has 0 aromatic heterocycles. The third-order valence-corrected chi connectivity index (χ3v) is 3.00. The average Bonchev–Trinajstić information content (AvgIpc) is 2.48. The lowest BCUT2D eigenvalue weighted by molar-refractivity contribution is -0.137. The summed E-state index contributed by atoms with van der Waals surface area (Å²) >= 11 is 0. The summed E-state index contributed by atoms with van der Waals surface area (Å²) in [7, 11) is 0. The van der Waals surface area contributed by atoms with Gasteiger partial charge >= 0.3 is 12.2 Å². The van der Waals surface area contributed by atoms with Crippen LogP contribution in [-0.4, -0.2) is 42.3 Å². The highest BCUT2D eigenvalue weighted by Crippen LogP contribution is 2.35. The number of hydrogen-bond acceptors (Lipinski definition) is 3. The molecule has 2 amide bonds. The summed E-state index contributed by atoms with van der Waals surface area (Å²) in [6.45, 7) is 4.06. The first-order valence-corrected chi connectivity index (χ1v) is 7.34. The van der Waals surface area contributed by atoms with E-state index in [9.17, 15) is 18.0 Å². The van der Waals surface area contributed by atoms with Gasteiger partial charge in [0.25, 0.3) is 0 Å². The Morgan fingerprint density at radius 3 is 2.52 bits per heavy atom. The van der Waals surface area contributed by atoms with Gasteiger partial charge in [-0.3, -0.25) is 0 Å². The molecule has 0 atom stereocenters. The smallest absolute Gasteiger partial charge is 0.416 e. The summed E-state index contributed by atoms with van der Waals surface area (Å²) < 4.78 is 43.7. The van der Waals surface area contributed by atoms with Crippen LogP contribution < -0.4 is 10.1 Å². The van der Waals surface area contributed by atoms with Gasteiger partial charge in [-0.2, -0.15) is 13.2 Å². The SMILES string of the molecule is CCCN(CCO)C(=O)Nc1cc(C(F)(F)F)ccc1OCC. The number of anilines is 1. The van der Waals surface area contributed by atoms with Crippen molar-refractivity contribution in [1.82, 2.24) is 4.90 Å². The molecule has 130 valence electrons. The molecule has 0 aliphatic carbocycles.